The third-order valence-corrected chi connectivity index (χ3v) is 12.2. The minimum atomic E-state index is -0.335. The summed E-state index contributed by atoms with van der Waals surface area (Å²) in [5.41, 5.74) is 14.2. The Morgan fingerprint density at radius 1 is 0.407 bits per heavy atom. The Kier molecular flexibility index (Phi) is 7.17. The van der Waals surface area contributed by atoms with E-state index in [9.17, 15) is 0 Å². The molecule has 0 spiro atoms. The minimum absolute atomic E-state index is 0.335. The van der Waals surface area contributed by atoms with Crippen molar-refractivity contribution in [3.63, 3.8) is 0 Å². The van der Waals surface area contributed by atoms with Crippen LogP contribution in [0, 0.1) is 0 Å². The summed E-state index contributed by atoms with van der Waals surface area (Å²) in [7, 11) is 0. The minimum Gasteiger partial charge on any atom is -0.309 e. The van der Waals surface area contributed by atoms with Gasteiger partial charge in [0.05, 0.1) is 34.0 Å². The average Bonchev–Trinajstić information content (AvgIpc) is 3.81. The van der Waals surface area contributed by atoms with Crippen molar-refractivity contribution in [2.45, 2.75) is 19.3 Å². The van der Waals surface area contributed by atoms with Gasteiger partial charge in [-0.1, -0.05) is 135 Å². The quantitative estimate of drug-likeness (QED) is 0.175. The number of pyridine rings is 1. The molecule has 1 aliphatic rings. The molecule has 0 bridgehead atoms. The van der Waals surface area contributed by atoms with Gasteiger partial charge >= 0.3 is 0 Å². The summed E-state index contributed by atoms with van der Waals surface area (Å²) in [6.45, 7) is 4.63. The van der Waals surface area contributed by atoms with Gasteiger partial charge in [0, 0.05) is 55.5 Å². The number of rotatable bonds is 5. The molecule has 5 heterocycles. The Bertz CT molecular complexity index is 3400. The van der Waals surface area contributed by atoms with E-state index in [1.165, 1.54) is 49.6 Å². The molecule has 0 saturated heterocycles. The molecule has 0 amide bonds. The molecular weight excluding hydrogens is 721 g/mol. The summed E-state index contributed by atoms with van der Waals surface area (Å²) in [5.74, 6) is 1.93. The van der Waals surface area contributed by atoms with Crippen molar-refractivity contribution in [3.8, 4) is 56.7 Å². The van der Waals surface area contributed by atoms with Crippen LogP contribution in [-0.4, -0.2) is 29.1 Å². The summed E-state index contributed by atoms with van der Waals surface area (Å²) in [6.07, 6.45) is 3.93. The van der Waals surface area contributed by atoms with Crippen LogP contribution in [0.2, 0.25) is 0 Å². The van der Waals surface area contributed by atoms with E-state index < -0.39 is 0 Å². The second-order valence-corrected chi connectivity index (χ2v) is 16.0. The van der Waals surface area contributed by atoms with Crippen molar-refractivity contribution in [2.24, 2.45) is 0 Å². The summed E-state index contributed by atoms with van der Waals surface area (Å²) in [4.78, 5) is 20.1. The zero-order valence-electron chi connectivity index (χ0n) is 32.5. The fourth-order valence-electron chi connectivity index (χ4n) is 9.37. The lowest BCUT2D eigenvalue weighted by atomic mass is 9.74. The van der Waals surface area contributed by atoms with Crippen LogP contribution >= 0.6 is 0 Å². The number of hydrogen-bond donors (Lipinski definition) is 0. The van der Waals surface area contributed by atoms with Gasteiger partial charge in [-0.2, -0.15) is 0 Å². The van der Waals surface area contributed by atoms with Crippen LogP contribution < -0.4 is 0 Å². The first-order chi connectivity index (χ1) is 29.0. The van der Waals surface area contributed by atoms with E-state index in [-0.39, 0.29) is 5.41 Å². The first-order valence-corrected chi connectivity index (χ1v) is 20.1. The number of nitrogens with zero attached hydrogens (tertiary/aromatic N) is 6. The van der Waals surface area contributed by atoms with E-state index >= 15 is 0 Å². The van der Waals surface area contributed by atoms with Crippen LogP contribution in [0.5, 0.6) is 0 Å². The largest absolute Gasteiger partial charge is 0.309 e. The van der Waals surface area contributed by atoms with Gasteiger partial charge in [0.2, 0.25) is 0 Å². The average molecular weight is 757 g/mol. The fraction of sp³-hybridized carbons (Fsp3) is 0.0566. The van der Waals surface area contributed by atoms with E-state index in [0.717, 1.165) is 44.4 Å². The zero-order valence-corrected chi connectivity index (χ0v) is 32.5. The molecule has 4 aromatic heterocycles. The normalized spacial score (nSPS) is 13.1. The molecule has 0 N–H and O–H groups in total. The molecule has 0 fully saturated rings. The lowest BCUT2D eigenvalue weighted by Crippen LogP contribution is -2.26. The van der Waals surface area contributed by atoms with E-state index in [1.54, 1.807) is 0 Å². The van der Waals surface area contributed by atoms with E-state index in [0.29, 0.717) is 17.5 Å². The molecule has 0 unspecified atom stereocenters. The highest BCUT2D eigenvalue weighted by molar-refractivity contribution is 6.14. The molecule has 12 rings (SSSR count). The van der Waals surface area contributed by atoms with Gasteiger partial charge in [0.1, 0.15) is 0 Å². The summed E-state index contributed by atoms with van der Waals surface area (Å²) in [6, 6.07) is 60.3. The molecule has 6 nitrogen and oxygen atoms in total. The van der Waals surface area contributed by atoms with Crippen molar-refractivity contribution in [1.29, 1.82) is 0 Å². The molecule has 278 valence electrons. The Hall–Kier alpha value is -7.70. The van der Waals surface area contributed by atoms with Gasteiger partial charge in [-0.05, 0) is 70.8 Å². The van der Waals surface area contributed by atoms with Crippen molar-refractivity contribution in [3.05, 3.63) is 193 Å². The van der Waals surface area contributed by atoms with Crippen molar-refractivity contribution < 1.29 is 0 Å². The first kappa shape index (κ1) is 33.4. The van der Waals surface area contributed by atoms with E-state index in [1.807, 2.05) is 48.8 Å². The highest BCUT2D eigenvalue weighted by Gasteiger charge is 2.36. The van der Waals surface area contributed by atoms with E-state index in [2.05, 4.69) is 161 Å². The van der Waals surface area contributed by atoms with Crippen LogP contribution in [-0.2, 0) is 5.41 Å². The summed E-state index contributed by atoms with van der Waals surface area (Å²) >= 11 is 0. The maximum atomic E-state index is 5.20. The van der Waals surface area contributed by atoms with Crippen LogP contribution in [0.15, 0.2) is 182 Å². The lowest BCUT2D eigenvalue weighted by molar-refractivity contribution is 0.628. The van der Waals surface area contributed by atoms with Crippen LogP contribution in [0.25, 0.3) is 100 Å². The van der Waals surface area contributed by atoms with Gasteiger partial charge in [-0.3, -0.25) is 4.98 Å². The topological polar surface area (TPSA) is 61.4 Å². The molecule has 0 radical (unpaired) electrons. The molecule has 11 aromatic rings. The maximum Gasteiger partial charge on any atom is 0.164 e. The predicted molar refractivity (Wildman–Crippen MR) is 240 cm³/mol. The number of aromatic nitrogens is 6. The Labute approximate surface area is 340 Å². The second kappa shape index (κ2) is 12.7. The molecular formula is C53H36N6. The Balaban J connectivity index is 1.16. The smallest absolute Gasteiger partial charge is 0.164 e. The summed E-state index contributed by atoms with van der Waals surface area (Å²) < 4.78 is 4.84. The zero-order chi connectivity index (χ0) is 39.2. The highest BCUT2D eigenvalue weighted by Crippen LogP contribution is 2.49. The van der Waals surface area contributed by atoms with Crippen molar-refractivity contribution in [1.82, 2.24) is 29.1 Å². The van der Waals surface area contributed by atoms with Gasteiger partial charge in [-0.25, -0.2) is 15.0 Å². The van der Waals surface area contributed by atoms with Crippen molar-refractivity contribution in [2.75, 3.05) is 0 Å². The second-order valence-electron chi connectivity index (χ2n) is 16.0. The molecule has 1 aliphatic heterocycles. The standard InChI is InChI=1S/C53H36N6/c1-53(2)43-26-27-54-32-48(43)59-46-25-23-38(58-45-21-13-12-20-39(45)40-24-22-36(30-47(40)58)33-14-6-3-7-15-33)31-41(46)42-28-37(29-44(53)49(42)59)52-56-50(34-16-8-4-9-17-34)55-51(57-52)35-18-10-5-11-19-35/h3-32H,1-2H3. The number of fused-ring (bicyclic) bond motifs is 8. The molecule has 7 aromatic carbocycles. The maximum absolute atomic E-state index is 5.20. The first-order valence-electron chi connectivity index (χ1n) is 20.1. The summed E-state index contributed by atoms with van der Waals surface area (Å²) in [5, 5.41) is 4.75. The van der Waals surface area contributed by atoms with Crippen LogP contribution in [0.4, 0.5) is 0 Å². The fourth-order valence-corrected chi connectivity index (χ4v) is 9.37. The Morgan fingerprint density at radius 2 is 1.02 bits per heavy atom. The monoisotopic (exact) mass is 756 g/mol. The molecule has 6 heteroatoms. The molecule has 0 saturated carbocycles. The number of para-hydroxylation sites is 1. The van der Waals surface area contributed by atoms with E-state index in [4.69, 9.17) is 15.0 Å². The van der Waals surface area contributed by atoms with Gasteiger partial charge in [-0.15, -0.1) is 0 Å². The third-order valence-electron chi connectivity index (χ3n) is 12.2. The Morgan fingerprint density at radius 3 is 1.73 bits per heavy atom. The van der Waals surface area contributed by atoms with Crippen molar-refractivity contribution >= 4 is 43.6 Å². The van der Waals surface area contributed by atoms with Crippen LogP contribution in [0.3, 0.4) is 0 Å². The van der Waals surface area contributed by atoms with Gasteiger partial charge < -0.3 is 9.13 Å². The number of hydrogen-bond acceptors (Lipinski definition) is 4. The predicted octanol–water partition coefficient (Wildman–Crippen LogP) is 12.8. The lowest BCUT2D eigenvalue weighted by Gasteiger charge is -2.34. The van der Waals surface area contributed by atoms with Crippen LogP contribution in [0.1, 0.15) is 25.0 Å². The highest BCUT2D eigenvalue weighted by atomic mass is 15.0. The molecule has 0 atom stereocenters. The van der Waals surface area contributed by atoms with Gasteiger partial charge in [0.25, 0.3) is 0 Å². The SMILES string of the molecule is CC1(C)c2ccncc2-n2c3ccc(-n4c5ccccc5c5ccc(-c6ccccc6)cc54)cc3c3cc(-c4nc(-c5ccccc5)nc(-c5ccccc5)n4)cc1c32. The molecule has 59 heavy (non-hydrogen) atoms. The number of benzene rings is 7. The molecule has 0 aliphatic carbocycles. The van der Waals surface area contributed by atoms with Gasteiger partial charge in [0.15, 0.2) is 17.5 Å². The third kappa shape index (κ3) is 5.06.